The van der Waals surface area contributed by atoms with E-state index in [2.05, 4.69) is 5.10 Å². The number of hydrogen-bond acceptors (Lipinski definition) is 5. The molecule has 0 unspecified atom stereocenters. The lowest BCUT2D eigenvalue weighted by Gasteiger charge is -2.17. The second-order valence-electron chi connectivity index (χ2n) is 7.57. The first kappa shape index (κ1) is 23.6. The number of ether oxygens (including phenoxy) is 1. The summed E-state index contributed by atoms with van der Waals surface area (Å²) in [5, 5.41) is 14.4. The minimum atomic E-state index is -4.48. The van der Waals surface area contributed by atoms with Gasteiger partial charge >= 0.3 is 6.18 Å². The number of nitrogens with zero attached hydrogens (tertiary/aromatic N) is 3. The minimum absolute atomic E-state index is 0.0571. The number of aromatic hydroxyl groups is 1. The molecule has 0 aliphatic carbocycles. The Bertz CT molecular complexity index is 1430. The lowest BCUT2D eigenvalue weighted by molar-refractivity contribution is -0.137. The molecular weight excluding hydrogens is 471 g/mol. The number of halogens is 3. The van der Waals surface area contributed by atoms with Crippen LogP contribution < -0.4 is 4.74 Å². The van der Waals surface area contributed by atoms with E-state index < -0.39 is 27.6 Å². The van der Waals surface area contributed by atoms with Crippen molar-refractivity contribution in [3.05, 3.63) is 77.9 Å². The Kier molecular flexibility index (Phi) is 6.00. The van der Waals surface area contributed by atoms with E-state index in [1.165, 1.54) is 53.5 Å². The number of methoxy groups -OCH3 is 1. The van der Waals surface area contributed by atoms with Crippen molar-refractivity contribution < 1.29 is 31.4 Å². The molecule has 178 valence electrons. The number of aromatic nitrogens is 2. The first-order chi connectivity index (χ1) is 16.0. The molecule has 0 saturated heterocycles. The first-order valence-electron chi connectivity index (χ1n) is 9.99. The van der Waals surface area contributed by atoms with Gasteiger partial charge in [0.1, 0.15) is 5.75 Å². The maximum Gasteiger partial charge on any atom is 0.416 e. The van der Waals surface area contributed by atoms with Gasteiger partial charge < -0.3 is 9.84 Å². The van der Waals surface area contributed by atoms with Crippen LogP contribution in [0.15, 0.2) is 71.6 Å². The molecule has 3 aromatic carbocycles. The Morgan fingerprint density at radius 2 is 1.68 bits per heavy atom. The fourth-order valence-corrected chi connectivity index (χ4v) is 4.67. The van der Waals surface area contributed by atoms with Gasteiger partial charge in [0.2, 0.25) is 15.9 Å². The highest BCUT2D eigenvalue weighted by molar-refractivity contribution is 7.89. The summed E-state index contributed by atoms with van der Waals surface area (Å²) in [4.78, 5) is -0.0571. The average molecular weight is 491 g/mol. The Morgan fingerprint density at radius 1 is 1.03 bits per heavy atom. The Labute approximate surface area is 193 Å². The molecule has 0 spiro atoms. The van der Waals surface area contributed by atoms with E-state index in [1.54, 1.807) is 24.3 Å². The highest BCUT2D eigenvalue weighted by Crippen LogP contribution is 2.32. The van der Waals surface area contributed by atoms with E-state index in [1.807, 2.05) is 0 Å². The smallest absolute Gasteiger partial charge is 0.416 e. The summed E-state index contributed by atoms with van der Waals surface area (Å²) >= 11 is 0. The van der Waals surface area contributed by atoms with Crippen molar-refractivity contribution in [1.29, 1.82) is 0 Å². The van der Waals surface area contributed by atoms with E-state index in [0.717, 1.165) is 17.7 Å². The molecular formula is C23H20F3N3O4S. The van der Waals surface area contributed by atoms with Gasteiger partial charge in [-0.25, -0.2) is 13.1 Å². The van der Waals surface area contributed by atoms with Crippen LogP contribution in [-0.4, -0.2) is 41.8 Å². The van der Waals surface area contributed by atoms with Gasteiger partial charge in [0.15, 0.2) is 0 Å². The van der Waals surface area contributed by atoms with Gasteiger partial charge in [-0.2, -0.15) is 17.5 Å². The number of alkyl halides is 3. The molecule has 0 bridgehead atoms. The van der Waals surface area contributed by atoms with Gasteiger partial charge in [-0.05, 0) is 60.2 Å². The molecule has 0 aliphatic rings. The monoisotopic (exact) mass is 491 g/mol. The average Bonchev–Trinajstić information content (AvgIpc) is 3.15. The van der Waals surface area contributed by atoms with E-state index in [0.29, 0.717) is 11.3 Å². The Morgan fingerprint density at radius 3 is 2.26 bits per heavy atom. The molecule has 0 fully saturated rings. The van der Waals surface area contributed by atoms with Crippen LogP contribution in [0.3, 0.4) is 0 Å². The topological polar surface area (TPSA) is 84.7 Å². The van der Waals surface area contributed by atoms with Crippen LogP contribution in [0.2, 0.25) is 0 Å². The van der Waals surface area contributed by atoms with Crippen LogP contribution in [0.5, 0.6) is 11.6 Å². The number of fused-ring (bicyclic) bond motifs is 1. The van der Waals surface area contributed by atoms with Crippen LogP contribution in [0.1, 0.15) is 11.1 Å². The second-order valence-corrected chi connectivity index (χ2v) is 9.61. The summed E-state index contributed by atoms with van der Waals surface area (Å²) in [6.07, 6.45) is -4.48. The van der Waals surface area contributed by atoms with E-state index in [9.17, 15) is 26.7 Å². The zero-order valence-corrected chi connectivity index (χ0v) is 18.9. The third kappa shape index (κ3) is 4.44. The van der Waals surface area contributed by atoms with E-state index in [4.69, 9.17) is 4.74 Å². The van der Waals surface area contributed by atoms with Crippen molar-refractivity contribution >= 4 is 20.9 Å². The fourth-order valence-electron chi connectivity index (χ4n) is 3.48. The van der Waals surface area contributed by atoms with E-state index >= 15 is 0 Å². The maximum absolute atomic E-state index is 13.1. The van der Waals surface area contributed by atoms with Crippen molar-refractivity contribution in [2.45, 2.75) is 17.6 Å². The predicted molar refractivity (Wildman–Crippen MR) is 119 cm³/mol. The van der Waals surface area contributed by atoms with Crippen LogP contribution in [0, 0.1) is 0 Å². The number of sulfonamides is 1. The largest absolute Gasteiger partial charge is 0.497 e. The van der Waals surface area contributed by atoms with Crippen LogP contribution >= 0.6 is 0 Å². The summed E-state index contributed by atoms with van der Waals surface area (Å²) in [7, 11) is -0.931. The molecule has 1 heterocycles. The summed E-state index contributed by atoms with van der Waals surface area (Å²) in [6, 6.07) is 15.4. The zero-order valence-electron chi connectivity index (χ0n) is 18.1. The van der Waals surface area contributed by atoms with Gasteiger partial charge in [0, 0.05) is 13.6 Å². The Hall–Kier alpha value is -3.57. The van der Waals surface area contributed by atoms with Gasteiger partial charge in [0.05, 0.1) is 34.2 Å². The maximum atomic E-state index is 13.1. The van der Waals surface area contributed by atoms with Crippen molar-refractivity contribution in [2.75, 3.05) is 14.2 Å². The van der Waals surface area contributed by atoms with Crippen LogP contribution in [-0.2, 0) is 22.7 Å². The normalized spacial score (nSPS) is 12.4. The zero-order chi connectivity index (χ0) is 24.7. The Balaban J connectivity index is 1.65. The first-order valence-corrected chi connectivity index (χ1v) is 11.4. The molecule has 11 heteroatoms. The van der Waals surface area contributed by atoms with Crippen LogP contribution in [0.25, 0.3) is 16.6 Å². The molecule has 34 heavy (non-hydrogen) atoms. The summed E-state index contributed by atoms with van der Waals surface area (Å²) in [5.74, 6) is 0.213. The lowest BCUT2D eigenvalue weighted by Crippen LogP contribution is -2.26. The molecule has 1 N–H and O–H groups in total. The summed E-state index contributed by atoms with van der Waals surface area (Å²) < 4.78 is 72.3. The standard InChI is InChI=1S/C23H20F3N3O4S/c1-28(14-15-3-9-18(33-2)10-4-15)34(31,32)19-11-12-21-20(13-19)22(30)27-29(21)17-7-5-16(6-8-17)23(24,25)26/h3-13H,14H2,1-2H3,(H,27,30). The predicted octanol–water partition coefficient (Wildman–Crippen LogP) is 4.58. The molecule has 0 amide bonds. The van der Waals surface area contributed by atoms with Crippen molar-refractivity contribution in [3.63, 3.8) is 0 Å². The summed E-state index contributed by atoms with van der Waals surface area (Å²) in [5.41, 5.74) is 0.565. The molecule has 0 radical (unpaired) electrons. The molecule has 0 aliphatic heterocycles. The van der Waals surface area contributed by atoms with E-state index in [-0.39, 0.29) is 22.5 Å². The van der Waals surface area contributed by atoms with Crippen molar-refractivity contribution in [2.24, 2.45) is 0 Å². The van der Waals surface area contributed by atoms with Gasteiger partial charge in [-0.1, -0.05) is 12.1 Å². The quantitative estimate of drug-likeness (QED) is 0.427. The second kappa shape index (κ2) is 8.65. The summed E-state index contributed by atoms with van der Waals surface area (Å²) in [6.45, 7) is 0.112. The number of benzene rings is 3. The van der Waals surface area contributed by atoms with Crippen molar-refractivity contribution in [1.82, 2.24) is 14.1 Å². The third-order valence-electron chi connectivity index (χ3n) is 5.34. The molecule has 0 atom stereocenters. The van der Waals surface area contributed by atoms with Gasteiger partial charge in [0.25, 0.3) is 0 Å². The molecule has 0 saturated carbocycles. The third-order valence-corrected chi connectivity index (χ3v) is 7.14. The fraction of sp³-hybridized carbons (Fsp3) is 0.174. The molecule has 4 rings (SSSR count). The van der Waals surface area contributed by atoms with Gasteiger partial charge in [-0.3, -0.25) is 0 Å². The van der Waals surface area contributed by atoms with Crippen molar-refractivity contribution in [3.8, 4) is 17.3 Å². The van der Waals surface area contributed by atoms with Crippen LogP contribution in [0.4, 0.5) is 13.2 Å². The SMILES string of the molecule is COc1ccc(CN(C)S(=O)(=O)c2ccc3c(c2)c(O)nn3-c2ccc(C(F)(F)F)cc2)cc1. The number of rotatable bonds is 6. The highest BCUT2D eigenvalue weighted by Gasteiger charge is 2.30. The molecule has 4 aromatic rings. The molecule has 7 nitrogen and oxygen atoms in total. The highest BCUT2D eigenvalue weighted by atomic mass is 32.2. The van der Waals surface area contributed by atoms with Gasteiger partial charge in [-0.15, -0.1) is 5.10 Å². The molecule has 1 aromatic heterocycles. The number of hydrogen-bond donors (Lipinski definition) is 1. The minimum Gasteiger partial charge on any atom is -0.497 e. The lowest BCUT2D eigenvalue weighted by atomic mass is 10.2.